The molecule has 2 aromatic heterocycles. The van der Waals surface area contributed by atoms with E-state index in [0.29, 0.717) is 23.5 Å². The Hall–Kier alpha value is -3.38. The van der Waals surface area contributed by atoms with Crippen molar-refractivity contribution in [3.63, 3.8) is 0 Å². The Morgan fingerprint density at radius 1 is 1.26 bits per heavy atom. The molecule has 3 heterocycles. The van der Waals surface area contributed by atoms with Crippen molar-refractivity contribution in [3.8, 4) is 17.3 Å². The predicted molar refractivity (Wildman–Crippen MR) is 129 cm³/mol. The Morgan fingerprint density at radius 2 is 2.00 bits per heavy atom. The first-order valence-corrected chi connectivity index (χ1v) is 13.1. The zero-order valence-corrected chi connectivity index (χ0v) is 19.9. The molecule has 9 nitrogen and oxygen atoms in total. The highest BCUT2D eigenvalue weighted by Crippen LogP contribution is 2.32. The van der Waals surface area contributed by atoms with Crippen molar-refractivity contribution in [2.75, 3.05) is 16.6 Å². The van der Waals surface area contributed by atoms with Gasteiger partial charge in [0.1, 0.15) is 20.2 Å². The van der Waals surface area contributed by atoms with E-state index in [1.54, 1.807) is 16.4 Å². The van der Waals surface area contributed by atoms with Crippen LogP contribution >= 0.6 is 0 Å². The van der Waals surface area contributed by atoms with Crippen LogP contribution < -0.4 is 15.2 Å². The molecular formula is C22H22FN5O4S2. The van der Waals surface area contributed by atoms with Crippen LogP contribution in [0, 0.1) is 5.82 Å². The van der Waals surface area contributed by atoms with E-state index in [2.05, 4.69) is 15.3 Å². The monoisotopic (exact) mass is 503 g/mol. The second kappa shape index (κ2) is 9.47. The van der Waals surface area contributed by atoms with E-state index in [1.807, 2.05) is 0 Å². The minimum atomic E-state index is -2.75. The Kier molecular flexibility index (Phi) is 6.62. The normalized spacial score (nSPS) is 18.0. The average Bonchev–Trinajstić information content (AvgIpc) is 2.82. The fourth-order valence-electron chi connectivity index (χ4n) is 3.66. The van der Waals surface area contributed by atoms with Crippen LogP contribution in [-0.2, 0) is 33.5 Å². The number of pyridine rings is 1. The Balaban J connectivity index is 1.74. The number of amides is 1. The molecule has 1 fully saturated rings. The number of aromatic hydroxyl groups is 1. The molecule has 2 N–H and O–H groups in total. The van der Waals surface area contributed by atoms with Crippen molar-refractivity contribution in [3.05, 3.63) is 70.0 Å². The average molecular weight is 504 g/mol. The molecular weight excluding hydrogens is 481 g/mol. The summed E-state index contributed by atoms with van der Waals surface area (Å²) in [5.74, 6) is -1.64. The van der Waals surface area contributed by atoms with Crippen molar-refractivity contribution in [2.24, 2.45) is 7.05 Å². The molecule has 0 aliphatic carbocycles. The van der Waals surface area contributed by atoms with Crippen LogP contribution in [-0.4, -0.2) is 42.1 Å². The SMILES string of the molecule is Cn1c(-c2ncccc2N2CCCCS2(=O)=S)nc(C(=O)NCc2ccc(F)cc2)c(O)c1=O. The highest BCUT2D eigenvalue weighted by atomic mass is 32.8. The van der Waals surface area contributed by atoms with Gasteiger partial charge in [-0.25, -0.2) is 13.6 Å². The van der Waals surface area contributed by atoms with Gasteiger partial charge >= 0.3 is 0 Å². The number of carbonyl (C=O) groups excluding carboxylic acids is 1. The van der Waals surface area contributed by atoms with E-state index < -0.39 is 37.4 Å². The summed E-state index contributed by atoms with van der Waals surface area (Å²) in [4.78, 5) is 34.1. The number of rotatable bonds is 5. The minimum Gasteiger partial charge on any atom is -0.501 e. The van der Waals surface area contributed by atoms with Gasteiger partial charge in [-0.3, -0.25) is 23.4 Å². The zero-order chi connectivity index (χ0) is 24.5. The number of aromatic nitrogens is 3. The molecule has 0 radical (unpaired) electrons. The highest BCUT2D eigenvalue weighted by Gasteiger charge is 2.28. The van der Waals surface area contributed by atoms with Gasteiger partial charge in [0.05, 0.1) is 5.69 Å². The Bertz CT molecular complexity index is 1410. The fraction of sp³-hybridized carbons (Fsp3) is 0.273. The van der Waals surface area contributed by atoms with Gasteiger partial charge in [0.2, 0.25) is 5.75 Å². The molecule has 0 bridgehead atoms. The highest BCUT2D eigenvalue weighted by molar-refractivity contribution is 8.33. The first-order valence-electron chi connectivity index (χ1n) is 10.5. The molecule has 1 aliphatic heterocycles. The van der Waals surface area contributed by atoms with Gasteiger partial charge in [0, 0.05) is 43.3 Å². The largest absolute Gasteiger partial charge is 0.501 e. The summed E-state index contributed by atoms with van der Waals surface area (Å²) in [6, 6.07) is 8.87. The third-order valence-electron chi connectivity index (χ3n) is 5.46. The first kappa shape index (κ1) is 23.8. The molecule has 178 valence electrons. The van der Waals surface area contributed by atoms with Crippen LogP contribution in [0.1, 0.15) is 28.9 Å². The zero-order valence-electron chi connectivity index (χ0n) is 18.2. The number of hydrogen-bond donors (Lipinski definition) is 2. The summed E-state index contributed by atoms with van der Waals surface area (Å²) >= 11 is 5.35. The van der Waals surface area contributed by atoms with Crippen LogP contribution in [0.25, 0.3) is 11.5 Å². The second-order valence-corrected chi connectivity index (χ2v) is 11.3. The lowest BCUT2D eigenvalue weighted by Crippen LogP contribution is -2.38. The molecule has 1 amide bonds. The van der Waals surface area contributed by atoms with E-state index in [4.69, 9.17) is 11.2 Å². The lowest BCUT2D eigenvalue weighted by Gasteiger charge is -2.31. The molecule has 1 atom stereocenters. The summed E-state index contributed by atoms with van der Waals surface area (Å²) in [6.07, 6.45) is 3.03. The number of anilines is 1. The maximum atomic E-state index is 13.1. The van der Waals surface area contributed by atoms with Crippen LogP contribution in [0.2, 0.25) is 0 Å². The molecule has 0 spiro atoms. The van der Waals surface area contributed by atoms with Crippen LogP contribution in [0.4, 0.5) is 10.1 Å². The van der Waals surface area contributed by atoms with Gasteiger partial charge in [-0.1, -0.05) is 12.1 Å². The molecule has 3 aromatic rings. The van der Waals surface area contributed by atoms with E-state index in [-0.39, 0.29) is 18.1 Å². The summed E-state index contributed by atoms with van der Waals surface area (Å²) in [5, 5.41) is 12.9. The first-order chi connectivity index (χ1) is 16.2. The van der Waals surface area contributed by atoms with Gasteiger partial charge in [-0.2, -0.15) is 0 Å². The van der Waals surface area contributed by atoms with E-state index >= 15 is 0 Å². The Morgan fingerprint density at radius 3 is 2.71 bits per heavy atom. The quantitative estimate of drug-likeness (QED) is 0.546. The van der Waals surface area contributed by atoms with Gasteiger partial charge in [-0.05, 0) is 42.7 Å². The third kappa shape index (κ3) is 4.64. The third-order valence-corrected chi connectivity index (χ3v) is 8.36. The number of nitrogens with one attached hydrogen (secondary N) is 1. The number of hydrogen-bond acceptors (Lipinski definition) is 7. The van der Waals surface area contributed by atoms with E-state index in [0.717, 1.165) is 17.4 Å². The molecule has 1 unspecified atom stereocenters. The van der Waals surface area contributed by atoms with Crippen molar-refractivity contribution in [2.45, 2.75) is 19.4 Å². The van der Waals surface area contributed by atoms with Gasteiger partial charge < -0.3 is 10.4 Å². The molecule has 1 aromatic carbocycles. The smallest absolute Gasteiger partial charge is 0.296 e. The lowest BCUT2D eigenvalue weighted by molar-refractivity contribution is 0.0942. The van der Waals surface area contributed by atoms with Crippen LogP contribution in [0.3, 0.4) is 0 Å². The standard InChI is InChI=1S/C22H22FN5O4S2/c1-27-20(17-16(5-4-10-24-17)28-11-2-3-12-34(28,32)33)26-18(19(29)22(27)31)21(30)25-13-14-6-8-15(23)9-7-14/h4-10,29H,2-3,11-13H2,1H3,(H,25,30). The molecule has 4 rings (SSSR count). The summed E-state index contributed by atoms with van der Waals surface area (Å²) in [7, 11) is -1.36. The number of carbonyl (C=O) groups is 1. The van der Waals surface area contributed by atoms with Gasteiger partial charge in [-0.15, -0.1) is 0 Å². The van der Waals surface area contributed by atoms with E-state index in [1.165, 1.54) is 37.5 Å². The van der Waals surface area contributed by atoms with Crippen molar-refractivity contribution in [1.82, 2.24) is 19.9 Å². The summed E-state index contributed by atoms with van der Waals surface area (Å²) in [6.45, 7) is 0.490. The van der Waals surface area contributed by atoms with Gasteiger partial charge in [0.25, 0.3) is 11.5 Å². The fourth-order valence-corrected chi connectivity index (χ4v) is 6.12. The topological polar surface area (TPSA) is 117 Å². The molecule has 1 aliphatic rings. The second-order valence-electron chi connectivity index (χ2n) is 7.77. The maximum absolute atomic E-state index is 13.1. The molecule has 1 saturated heterocycles. The number of halogens is 1. The van der Waals surface area contributed by atoms with E-state index in [9.17, 15) is 23.3 Å². The van der Waals surface area contributed by atoms with Crippen LogP contribution in [0.5, 0.6) is 5.75 Å². The molecule has 34 heavy (non-hydrogen) atoms. The lowest BCUT2D eigenvalue weighted by atomic mass is 10.2. The van der Waals surface area contributed by atoms with Crippen molar-refractivity contribution >= 4 is 31.5 Å². The van der Waals surface area contributed by atoms with Crippen LogP contribution in [0.15, 0.2) is 47.4 Å². The van der Waals surface area contributed by atoms with Crippen molar-refractivity contribution in [1.29, 1.82) is 0 Å². The molecule has 12 heteroatoms. The number of benzene rings is 1. The number of nitrogens with zero attached hydrogens (tertiary/aromatic N) is 4. The molecule has 0 saturated carbocycles. The minimum absolute atomic E-state index is 0.0149. The van der Waals surface area contributed by atoms with Crippen molar-refractivity contribution < 1.29 is 18.5 Å². The predicted octanol–water partition coefficient (Wildman–Crippen LogP) is 1.88. The maximum Gasteiger partial charge on any atom is 0.296 e. The van der Waals surface area contributed by atoms with Gasteiger partial charge in [0.15, 0.2) is 11.5 Å². The summed E-state index contributed by atoms with van der Waals surface area (Å²) < 4.78 is 28.8. The Labute approximate surface area is 200 Å². The summed E-state index contributed by atoms with van der Waals surface area (Å²) in [5.41, 5.74) is -0.0429.